The number of unbranched alkanes of at least 4 members (excludes halogenated alkanes) is 1. The van der Waals surface area contributed by atoms with Crippen molar-refractivity contribution in [3.8, 4) is 6.07 Å². The van der Waals surface area contributed by atoms with Crippen molar-refractivity contribution in [3.05, 3.63) is 59.7 Å². The molecule has 3 heteroatoms. The van der Waals surface area contributed by atoms with Crippen LogP contribution in [0.5, 0.6) is 0 Å². The van der Waals surface area contributed by atoms with E-state index >= 15 is 0 Å². The summed E-state index contributed by atoms with van der Waals surface area (Å²) in [6, 6.07) is 18.3. The van der Waals surface area contributed by atoms with Crippen molar-refractivity contribution in [2.24, 2.45) is 0 Å². The summed E-state index contributed by atoms with van der Waals surface area (Å²) < 4.78 is 0. The second kappa shape index (κ2) is 8.85. The van der Waals surface area contributed by atoms with Crippen LogP contribution in [0.15, 0.2) is 48.5 Å². The average molecular weight is 307 g/mol. The Bertz CT molecular complexity index is 641. The lowest BCUT2D eigenvalue weighted by Gasteiger charge is -2.24. The maximum atomic E-state index is 9.06. The molecule has 0 atom stereocenters. The zero-order valence-corrected chi connectivity index (χ0v) is 13.8. The summed E-state index contributed by atoms with van der Waals surface area (Å²) in [6.07, 6.45) is 4.48. The Kier molecular flexibility index (Phi) is 6.50. The fraction of sp³-hybridized carbons (Fsp3) is 0.350. The molecule has 23 heavy (non-hydrogen) atoms. The molecule has 2 aromatic rings. The van der Waals surface area contributed by atoms with Crippen molar-refractivity contribution >= 4 is 11.4 Å². The summed E-state index contributed by atoms with van der Waals surface area (Å²) in [6.45, 7) is 4.24. The van der Waals surface area contributed by atoms with E-state index in [9.17, 15) is 0 Å². The lowest BCUT2D eigenvalue weighted by Crippen LogP contribution is -2.25. The van der Waals surface area contributed by atoms with E-state index in [2.05, 4.69) is 36.1 Å². The highest BCUT2D eigenvalue weighted by atomic mass is 15.1. The number of benzene rings is 2. The molecule has 0 aliphatic rings. The van der Waals surface area contributed by atoms with Crippen LogP contribution in [-0.4, -0.2) is 13.1 Å². The van der Waals surface area contributed by atoms with Crippen LogP contribution in [-0.2, 0) is 6.42 Å². The Morgan fingerprint density at radius 3 is 2.52 bits per heavy atom. The van der Waals surface area contributed by atoms with Gasteiger partial charge in [0.2, 0.25) is 0 Å². The topological polar surface area (TPSA) is 53.0 Å². The Hall–Kier alpha value is -2.47. The zero-order chi connectivity index (χ0) is 16.5. The molecule has 0 amide bonds. The van der Waals surface area contributed by atoms with Gasteiger partial charge in [0.05, 0.1) is 11.6 Å². The van der Waals surface area contributed by atoms with Gasteiger partial charge in [-0.2, -0.15) is 5.26 Å². The SMILES string of the molecule is CCCN(CCCCc1ccc(N)cc1)c1cccc(C#N)c1. The number of anilines is 2. The minimum Gasteiger partial charge on any atom is -0.399 e. The predicted octanol–water partition coefficient (Wildman–Crippen LogP) is 4.38. The molecule has 120 valence electrons. The average Bonchev–Trinajstić information content (AvgIpc) is 2.59. The third kappa shape index (κ3) is 5.34. The second-order valence-corrected chi connectivity index (χ2v) is 5.85. The molecule has 0 saturated heterocycles. The van der Waals surface area contributed by atoms with Crippen LogP contribution in [0.3, 0.4) is 0 Å². The number of nitrogens with two attached hydrogens (primary N) is 1. The molecule has 0 fully saturated rings. The van der Waals surface area contributed by atoms with E-state index in [0.717, 1.165) is 55.7 Å². The van der Waals surface area contributed by atoms with Crippen LogP contribution in [0.2, 0.25) is 0 Å². The van der Waals surface area contributed by atoms with Gasteiger partial charge in [-0.15, -0.1) is 0 Å². The van der Waals surface area contributed by atoms with Gasteiger partial charge in [-0.25, -0.2) is 0 Å². The zero-order valence-electron chi connectivity index (χ0n) is 13.8. The van der Waals surface area contributed by atoms with Gasteiger partial charge in [0.1, 0.15) is 0 Å². The fourth-order valence-corrected chi connectivity index (χ4v) is 2.73. The van der Waals surface area contributed by atoms with E-state index in [1.165, 1.54) is 5.56 Å². The molecule has 0 bridgehead atoms. The standard InChI is InChI=1S/C20H25N3/c1-2-13-23(20-8-5-7-18(15-20)16-21)14-4-3-6-17-9-11-19(22)12-10-17/h5,7-12,15H,2-4,6,13-14,22H2,1H3. The smallest absolute Gasteiger partial charge is 0.0992 e. The van der Waals surface area contributed by atoms with Gasteiger partial charge in [-0.05, 0) is 61.6 Å². The molecule has 2 aromatic carbocycles. The highest BCUT2D eigenvalue weighted by Crippen LogP contribution is 2.17. The monoisotopic (exact) mass is 307 g/mol. The maximum Gasteiger partial charge on any atom is 0.0992 e. The third-order valence-corrected chi connectivity index (χ3v) is 3.96. The first kappa shape index (κ1) is 16.9. The summed E-state index contributed by atoms with van der Waals surface area (Å²) in [5, 5.41) is 9.06. The van der Waals surface area contributed by atoms with Crippen LogP contribution >= 0.6 is 0 Å². The van der Waals surface area contributed by atoms with Gasteiger partial charge in [-0.1, -0.05) is 25.1 Å². The van der Waals surface area contributed by atoms with E-state index in [0.29, 0.717) is 0 Å². The van der Waals surface area contributed by atoms with Gasteiger partial charge in [-0.3, -0.25) is 0 Å². The molecule has 2 N–H and O–H groups in total. The van der Waals surface area contributed by atoms with Crippen molar-refractivity contribution in [1.82, 2.24) is 0 Å². The van der Waals surface area contributed by atoms with Crippen LogP contribution < -0.4 is 10.6 Å². The number of nitrogens with zero attached hydrogens (tertiary/aromatic N) is 2. The van der Waals surface area contributed by atoms with E-state index in [1.54, 1.807) is 0 Å². The Morgan fingerprint density at radius 1 is 1.04 bits per heavy atom. The predicted molar refractivity (Wildman–Crippen MR) is 97.5 cm³/mol. The van der Waals surface area contributed by atoms with Gasteiger partial charge >= 0.3 is 0 Å². The molecule has 0 saturated carbocycles. The van der Waals surface area contributed by atoms with Crippen molar-refractivity contribution in [3.63, 3.8) is 0 Å². The first-order chi connectivity index (χ1) is 11.2. The molecular weight excluding hydrogens is 282 g/mol. The van der Waals surface area contributed by atoms with E-state index in [-0.39, 0.29) is 0 Å². The summed E-state index contributed by atoms with van der Waals surface area (Å²) in [5.74, 6) is 0. The van der Waals surface area contributed by atoms with Gasteiger partial charge in [0.15, 0.2) is 0 Å². The number of nitriles is 1. The Morgan fingerprint density at radius 2 is 1.83 bits per heavy atom. The highest BCUT2D eigenvalue weighted by molar-refractivity contribution is 5.51. The minimum absolute atomic E-state index is 0.727. The molecule has 0 spiro atoms. The molecular formula is C20H25N3. The maximum absolute atomic E-state index is 9.06. The van der Waals surface area contributed by atoms with Gasteiger partial charge < -0.3 is 10.6 Å². The third-order valence-electron chi connectivity index (χ3n) is 3.96. The molecule has 0 aromatic heterocycles. The number of aryl methyl sites for hydroxylation is 1. The second-order valence-electron chi connectivity index (χ2n) is 5.85. The highest BCUT2D eigenvalue weighted by Gasteiger charge is 2.06. The molecule has 2 rings (SSSR count). The van der Waals surface area contributed by atoms with Crippen molar-refractivity contribution in [1.29, 1.82) is 5.26 Å². The summed E-state index contributed by atoms with van der Waals surface area (Å²) in [4.78, 5) is 2.38. The lowest BCUT2D eigenvalue weighted by atomic mass is 10.1. The van der Waals surface area contributed by atoms with E-state index in [1.807, 2.05) is 30.3 Å². The number of hydrogen-bond donors (Lipinski definition) is 1. The Balaban J connectivity index is 1.87. The Labute approximate surface area is 139 Å². The van der Waals surface area contributed by atoms with Crippen LogP contribution in [0.4, 0.5) is 11.4 Å². The van der Waals surface area contributed by atoms with Gasteiger partial charge in [0, 0.05) is 24.5 Å². The molecule has 0 heterocycles. The summed E-state index contributed by atoms with van der Waals surface area (Å²) in [7, 11) is 0. The molecule has 0 aliphatic heterocycles. The van der Waals surface area contributed by atoms with Crippen LogP contribution in [0, 0.1) is 11.3 Å². The summed E-state index contributed by atoms with van der Waals surface area (Å²) >= 11 is 0. The minimum atomic E-state index is 0.727. The number of rotatable bonds is 8. The largest absolute Gasteiger partial charge is 0.399 e. The molecule has 3 nitrogen and oxygen atoms in total. The van der Waals surface area contributed by atoms with Crippen molar-refractivity contribution < 1.29 is 0 Å². The number of hydrogen-bond acceptors (Lipinski definition) is 3. The van der Waals surface area contributed by atoms with Crippen LogP contribution in [0.25, 0.3) is 0 Å². The molecule has 0 aliphatic carbocycles. The van der Waals surface area contributed by atoms with Crippen LogP contribution in [0.1, 0.15) is 37.3 Å². The molecule has 0 radical (unpaired) electrons. The first-order valence-electron chi connectivity index (χ1n) is 8.32. The first-order valence-corrected chi connectivity index (χ1v) is 8.32. The van der Waals surface area contributed by atoms with E-state index < -0.39 is 0 Å². The quantitative estimate of drug-likeness (QED) is 0.581. The normalized spacial score (nSPS) is 10.3. The lowest BCUT2D eigenvalue weighted by molar-refractivity contribution is 0.677. The fourth-order valence-electron chi connectivity index (χ4n) is 2.73. The molecule has 0 unspecified atom stereocenters. The van der Waals surface area contributed by atoms with Crippen molar-refractivity contribution in [2.75, 3.05) is 23.7 Å². The van der Waals surface area contributed by atoms with E-state index in [4.69, 9.17) is 11.0 Å². The summed E-state index contributed by atoms with van der Waals surface area (Å²) in [5.41, 5.74) is 9.75. The van der Waals surface area contributed by atoms with Gasteiger partial charge in [0.25, 0.3) is 0 Å². The van der Waals surface area contributed by atoms with Crippen molar-refractivity contribution in [2.45, 2.75) is 32.6 Å². The number of nitrogen functional groups attached to an aromatic ring is 1.